The van der Waals surface area contributed by atoms with Crippen molar-refractivity contribution in [2.75, 3.05) is 0 Å². The molecule has 0 aliphatic heterocycles. The molecular formula is C12H12BrN3S. The summed E-state index contributed by atoms with van der Waals surface area (Å²) < 4.78 is 3.32. The number of benzene rings is 1. The summed E-state index contributed by atoms with van der Waals surface area (Å²) in [5.41, 5.74) is 1.30. The van der Waals surface area contributed by atoms with Gasteiger partial charge in [0.15, 0.2) is 5.16 Å². The molecule has 1 aliphatic carbocycles. The molecule has 5 heteroatoms. The molecule has 1 aliphatic rings. The van der Waals surface area contributed by atoms with Crippen LogP contribution in [0.2, 0.25) is 0 Å². The number of hydrogen-bond acceptors (Lipinski definition) is 3. The van der Waals surface area contributed by atoms with Gasteiger partial charge in [0, 0.05) is 16.3 Å². The maximum atomic E-state index is 4.18. The molecule has 88 valence electrons. The number of aromatic nitrogens is 3. The summed E-state index contributed by atoms with van der Waals surface area (Å²) in [6.07, 6.45) is 4.38. The molecule has 0 spiro atoms. The fourth-order valence-electron chi connectivity index (χ4n) is 1.71. The third-order valence-corrected chi connectivity index (χ3v) is 4.26. The van der Waals surface area contributed by atoms with Crippen LogP contribution in [0.3, 0.4) is 0 Å². The first-order valence-electron chi connectivity index (χ1n) is 5.60. The molecule has 0 saturated heterocycles. The van der Waals surface area contributed by atoms with Gasteiger partial charge in [0.25, 0.3) is 0 Å². The Hall–Kier alpha value is -0.810. The summed E-state index contributed by atoms with van der Waals surface area (Å²) >= 11 is 5.24. The molecule has 2 aromatic rings. The second-order valence-electron chi connectivity index (χ2n) is 4.17. The Morgan fingerprint density at radius 1 is 1.41 bits per heavy atom. The Bertz CT molecular complexity index is 522. The molecule has 0 N–H and O–H groups in total. The Morgan fingerprint density at radius 3 is 3.06 bits per heavy atom. The highest BCUT2D eigenvalue weighted by atomic mass is 79.9. The number of thioether (sulfide) groups is 1. The first-order valence-corrected chi connectivity index (χ1v) is 7.37. The van der Waals surface area contributed by atoms with Crippen molar-refractivity contribution < 1.29 is 0 Å². The Balaban J connectivity index is 1.69. The topological polar surface area (TPSA) is 30.7 Å². The third-order valence-electron chi connectivity index (χ3n) is 2.74. The molecule has 0 amide bonds. The van der Waals surface area contributed by atoms with Crippen LogP contribution in [0.1, 0.15) is 24.4 Å². The molecule has 1 fully saturated rings. The zero-order valence-corrected chi connectivity index (χ0v) is 11.6. The van der Waals surface area contributed by atoms with Crippen LogP contribution in [0, 0.1) is 0 Å². The Labute approximate surface area is 113 Å². The molecule has 3 rings (SSSR count). The van der Waals surface area contributed by atoms with Crippen LogP contribution in [-0.4, -0.2) is 14.8 Å². The van der Waals surface area contributed by atoms with Gasteiger partial charge in [-0.2, -0.15) is 0 Å². The van der Waals surface area contributed by atoms with Crippen molar-refractivity contribution in [3.8, 4) is 0 Å². The van der Waals surface area contributed by atoms with Crippen molar-refractivity contribution in [3.63, 3.8) is 0 Å². The van der Waals surface area contributed by atoms with E-state index in [1.165, 1.54) is 18.4 Å². The lowest BCUT2D eigenvalue weighted by Gasteiger charge is -2.04. The van der Waals surface area contributed by atoms with E-state index in [0.717, 1.165) is 15.4 Å². The minimum absolute atomic E-state index is 0.648. The average molecular weight is 310 g/mol. The van der Waals surface area contributed by atoms with Crippen LogP contribution in [0.15, 0.2) is 40.2 Å². The number of halogens is 1. The lowest BCUT2D eigenvalue weighted by molar-refractivity contribution is 0.663. The van der Waals surface area contributed by atoms with Crippen LogP contribution in [0.4, 0.5) is 0 Å². The number of rotatable bonds is 4. The third kappa shape index (κ3) is 2.72. The second-order valence-corrected chi connectivity index (χ2v) is 6.03. The van der Waals surface area contributed by atoms with E-state index >= 15 is 0 Å². The normalized spacial score (nSPS) is 15.1. The summed E-state index contributed by atoms with van der Waals surface area (Å²) in [6, 6.07) is 9.03. The highest BCUT2D eigenvalue weighted by molar-refractivity contribution is 9.10. The Morgan fingerprint density at radius 2 is 2.29 bits per heavy atom. The molecule has 0 atom stereocenters. The predicted octanol–water partition coefficient (Wildman–Crippen LogP) is 3.67. The van der Waals surface area contributed by atoms with Crippen molar-refractivity contribution in [3.05, 3.63) is 40.6 Å². The molecule has 1 heterocycles. The van der Waals surface area contributed by atoms with Crippen LogP contribution >= 0.6 is 27.7 Å². The van der Waals surface area contributed by atoms with Crippen LogP contribution in [-0.2, 0) is 5.75 Å². The van der Waals surface area contributed by atoms with Gasteiger partial charge in [0.1, 0.15) is 6.33 Å². The summed E-state index contributed by atoms with van der Waals surface area (Å²) in [5.74, 6) is 0.935. The van der Waals surface area contributed by atoms with Gasteiger partial charge in [0.2, 0.25) is 0 Å². The standard InChI is InChI=1S/C12H12BrN3S/c13-10-3-1-2-9(6-10)7-17-12-15-14-8-16(12)11-4-5-11/h1-3,6,8,11H,4-5,7H2. The van der Waals surface area contributed by atoms with Gasteiger partial charge in [-0.25, -0.2) is 0 Å². The van der Waals surface area contributed by atoms with Crippen molar-refractivity contribution in [1.82, 2.24) is 14.8 Å². The monoisotopic (exact) mass is 309 g/mol. The molecule has 17 heavy (non-hydrogen) atoms. The van der Waals surface area contributed by atoms with Crippen molar-refractivity contribution in [2.45, 2.75) is 29.8 Å². The summed E-state index contributed by atoms with van der Waals surface area (Å²) in [6.45, 7) is 0. The molecule has 0 bridgehead atoms. The molecular weight excluding hydrogens is 298 g/mol. The Kier molecular flexibility index (Phi) is 3.20. The van der Waals surface area contributed by atoms with E-state index in [-0.39, 0.29) is 0 Å². The fraction of sp³-hybridized carbons (Fsp3) is 0.333. The van der Waals surface area contributed by atoms with E-state index in [1.54, 1.807) is 11.8 Å². The van der Waals surface area contributed by atoms with E-state index in [1.807, 2.05) is 12.4 Å². The smallest absolute Gasteiger partial charge is 0.191 e. The summed E-state index contributed by atoms with van der Waals surface area (Å²) in [4.78, 5) is 0. The lowest BCUT2D eigenvalue weighted by Crippen LogP contribution is -1.94. The maximum Gasteiger partial charge on any atom is 0.191 e. The SMILES string of the molecule is Brc1cccc(CSc2nncn2C2CC2)c1. The highest BCUT2D eigenvalue weighted by Gasteiger charge is 2.26. The van der Waals surface area contributed by atoms with Gasteiger partial charge in [0.05, 0.1) is 0 Å². The molecule has 0 radical (unpaired) electrons. The number of nitrogens with zero attached hydrogens (tertiary/aromatic N) is 3. The molecule has 3 nitrogen and oxygen atoms in total. The molecule has 0 unspecified atom stereocenters. The van der Waals surface area contributed by atoms with E-state index in [0.29, 0.717) is 6.04 Å². The zero-order chi connectivity index (χ0) is 11.7. The largest absolute Gasteiger partial charge is 0.306 e. The van der Waals surface area contributed by atoms with Gasteiger partial charge in [-0.05, 0) is 30.5 Å². The molecule has 1 saturated carbocycles. The van der Waals surface area contributed by atoms with Crippen molar-refractivity contribution in [2.24, 2.45) is 0 Å². The van der Waals surface area contributed by atoms with E-state index in [4.69, 9.17) is 0 Å². The fourth-order valence-corrected chi connectivity index (χ4v) is 3.09. The van der Waals surface area contributed by atoms with Gasteiger partial charge < -0.3 is 4.57 Å². The van der Waals surface area contributed by atoms with Crippen molar-refractivity contribution in [1.29, 1.82) is 0 Å². The van der Waals surface area contributed by atoms with E-state index < -0.39 is 0 Å². The average Bonchev–Trinajstić information content (AvgIpc) is 3.06. The summed E-state index contributed by atoms with van der Waals surface area (Å²) in [7, 11) is 0. The van der Waals surface area contributed by atoms with E-state index in [2.05, 4.69) is 48.9 Å². The minimum atomic E-state index is 0.648. The van der Waals surface area contributed by atoms with Crippen LogP contribution in [0.5, 0.6) is 0 Å². The maximum absolute atomic E-state index is 4.18. The number of hydrogen-bond donors (Lipinski definition) is 0. The lowest BCUT2D eigenvalue weighted by atomic mass is 10.2. The summed E-state index contributed by atoms with van der Waals surface area (Å²) in [5, 5.41) is 9.21. The van der Waals surface area contributed by atoms with Gasteiger partial charge >= 0.3 is 0 Å². The molecule has 1 aromatic heterocycles. The van der Waals surface area contributed by atoms with Crippen LogP contribution < -0.4 is 0 Å². The predicted molar refractivity (Wildman–Crippen MR) is 72.0 cm³/mol. The second kappa shape index (κ2) is 4.82. The first-order chi connectivity index (χ1) is 8.33. The van der Waals surface area contributed by atoms with Gasteiger partial charge in [-0.3, -0.25) is 0 Å². The zero-order valence-electron chi connectivity index (χ0n) is 9.21. The quantitative estimate of drug-likeness (QED) is 0.807. The van der Waals surface area contributed by atoms with Crippen molar-refractivity contribution >= 4 is 27.7 Å². The van der Waals surface area contributed by atoms with Gasteiger partial charge in [-0.15, -0.1) is 10.2 Å². The highest BCUT2D eigenvalue weighted by Crippen LogP contribution is 2.37. The van der Waals surface area contributed by atoms with Crippen LogP contribution in [0.25, 0.3) is 0 Å². The first kappa shape index (κ1) is 11.3. The molecule has 1 aromatic carbocycles. The van der Waals surface area contributed by atoms with E-state index in [9.17, 15) is 0 Å². The van der Waals surface area contributed by atoms with Gasteiger partial charge in [-0.1, -0.05) is 39.8 Å². The minimum Gasteiger partial charge on any atom is -0.306 e.